The van der Waals surface area contributed by atoms with E-state index in [0.29, 0.717) is 0 Å². The fraction of sp³-hybridized carbons (Fsp3) is 0.750. The minimum Gasteiger partial charge on any atom is -0.343 e. The first-order valence-electron chi connectivity index (χ1n) is 3.22. The maximum absolute atomic E-state index is 3.69. The molecule has 0 amide bonds. The van der Waals surface area contributed by atoms with Gasteiger partial charge in [0.15, 0.2) is 0 Å². The average Bonchev–Trinajstić information content (AvgIpc) is 1.69. The molecule has 0 aliphatic carbocycles. The molecule has 0 aromatic rings. The molecule has 70 valence electrons. The quantitative estimate of drug-likeness (QED) is 0.385. The Bertz CT molecular complexity index is 35.0. The van der Waals surface area contributed by atoms with Crippen molar-refractivity contribution in [3.8, 4) is 0 Å². The predicted molar refractivity (Wildman–Crippen MR) is 40.5 cm³/mol. The molecule has 0 atom stereocenters. The van der Waals surface area contributed by atoms with E-state index in [1.807, 2.05) is 20.3 Å². The fourth-order valence-electron chi connectivity index (χ4n) is 0. The van der Waals surface area contributed by atoms with E-state index in [0.717, 1.165) is 12.3 Å². The largest absolute Gasteiger partial charge is 0.343 e. The second-order valence-electron chi connectivity index (χ2n) is 2.26. The first-order valence-corrected chi connectivity index (χ1v) is 3.22. The minimum atomic E-state index is 0. The zero-order valence-corrected chi connectivity index (χ0v) is 27.1. The van der Waals surface area contributed by atoms with Crippen molar-refractivity contribution in [2.75, 3.05) is 0 Å². The van der Waals surface area contributed by atoms with Crippen LogP contribution in [-0.2, 0) is 196 Å². The number of hydrogen-bond acceptors (Lipinski definition) is 0. The summed E-state index contributed by atoms with van der Waals surface area (Å²) >= 11 is 0. The molecule has 0 heterocycles. The van der Waals surface area contributed by atoms with Crippen LogP contribution in [0.3, 0.4) is 0 Å². The number of rotatable bonds is 1. The molecule has 0 aliphatic heterocycles. The smallest absolute Gasteiger partial charge is 0 e. The van der Waals surface area contributed by atoms with Crippen molar-refractivity contribution in [1.29, 1.82) is 0 Å². The molecular weight excluding hydrogens is 630 g/mol. The Morgan fingerprint density at radius 1 is 0.857 bits per heavy atom. The van der Waals surface area contributed by atoms with Crippen LogP contribution in [-0.4, -0.2) is 0 Å². The minimum absolute atomic E-state index is 0. The third-order valence-electron chi connectivity index (χ3n) is 0.577. The van der Waals surface area contributed by atoms with Crippen molar-refractivity contribution in [3.63, 3.8) is 0 Å². The van der Waals surface area contributed by atoms with Gasteiger partial charge in [0.2, 0.25) is 0 Å². The summed E-state index contributed by atoms with van der Waals surface area (Å²) in [4.78, 5) is 0. The van der Waals surface area contributed by atoms with E-state index < -0.39 is 0 Å². The van der Waals surface area contributed by atoms with Crippen LogP contribution in [0.1, 0.15) is 34.1 Å². The third kappa shape index (κ3) is 77.8. The second-order valence-corrected chi connectivity index (χ2v) is 2.26. The summed E-state index contributed by atoms with van der Waals surface area (Å²) in [7, 11) is 0. The Morgan fingerprint density at radius 3 is 0.929 bits per heavy atom. The van der Waals surface area contributed by atoms with Gasteiger partial charge in [-0.1, -0.05) is 19.8 Å². The molecule has 6 heteroatoms. The molecule has 0 bridgehead atoms. The van der Waals surface area contributed by atoms with Gasteiger partial charge >= 0.3 is 0 Å². The van der Waals surface area contributed by atoms with Gasteiger partial charge in [-0.25, -0.2) is 0 Å². The molecule has 0 nitrogen and oxygen atoms in total. The van der Waals surface area contributed by atoms with Crippen molar-refractivity contribution < 1.29 is 196 Å². The SMILES string of the molecule is C[CH-]C.[CH2-]CC(C)C.[Y].[Y].[Y].[Y].[Y].[Y]. The van der Waals surface area contributed by atoms with E-state index in [1.165, 1.54) is 0 Å². The Hall–Kier alpha value is 6.62. The van der Waals surface area contributed by atoms with Crippen LogP contribution in [0, 0.1) is 19.3 Å². The van der Waals surface area contributed by atoms with Crippen molar-refractivity contribution in [3.05, 3.63) is 13.3 Å². The maximum Gasteiger partial charge on any atom is 0 e. The van der Waals surface area contributed by atoms with Crippen LogP contribution in [0.25, 0.3) is 0 Å². The van der Waals surface area contributed by atoms with Crippen LogP contribution < -0.4 is 0 Å². The molecule has 0 aromatic carbocycles. The van der Waals surface area contributed by atoms with Gasteiger partial charge in [-0.05, 0) is 0 Å². The predicted octanol–water partition coefficient (Wildman–Crippen LogP) is 3.08. The van der Waals surface area contributed by atoms with Gasteiger partial charge in [0.1, 0.15) is 0 Å². The van der Waals surface area contributed by atoms with Crippen LogP contribution in [0.15, 0.2) is 0 Å². The molecule has 0 unspecified atom stereocenters. The molecule has 0 rings (SSSR count). The maximum atomic E-state index is 3.69. The van der Waals surface area contributed by atoms with Crippen molar-refractivity contribution >= 4 is 0 Å². The summed E-state index contributed by atoms with van der Waals surface area (Å²) in [6, 6.07) is 0. The molecular formula is C8H18Y6-2. The molecule has 0 saturated carbocycles. The van der Waals surface area contributed by atoms with Gasteiger partial charge in [-0.15, -0.1) is 0 Å². The average molecular weight is 648 g/mol. The number of hydrogen-bond donors (Lipinski definition) is 0. The van der Waals surface area contributed by atoms with E-state index in [4.69, 9.17) is 0 Å². The molecule has 6 radical (unpaired) electrons. The monoisotopic (exact) mass is 648 g/mol. The van der Waals surface area contributed by atoms with E-state index in [2.05, 4.69) is 20.8 Å². The van der Waals surface area contributed by atoms with Gasteiger partial charge in [-0.3, -0.25) is 0 Å². The van der Waals surface area contributed by atoms with Gasteiger partial charge < -0.3 is 13.3 Å². The molecule has 0 aromatic heterocycles. The Kier molecular flexibility index (Phi) is 179. The van der Waals surface area contributed by atoms with Crippen molar-refractivity contribution in [2.45, 2.75) is 34.1 Å². The first kappa shape index (κ1) is 49.8. The topological polar surface area (TPSA) is 0 Å². The third-order valence-corrected chi connectivity index (χ3v) is 0.577. The molecule has 0 saturated heterocycles. The van der Waals surface area contributed by atoms with Gasteiger partial charge in [0, 0.05) is 196 Å². The molecule has 0 N–H and O–H groups in total. The van der Waals surface area contributed by atoms with Crippen LogP contribution in [0.4, 0.5) is 0 Å². The zero-order valence-electron chi connectivity index (χ0n) is 10.0. The summed E-state index contributed by atoms with van der Waals surface area (Å²) < 4.78 is 0. The van der Waals surface area contributed by atoms with Crippen LogP contribution in [0.2, 0.25) is 0 Å². The van der Waals surface area contributed by atoms with Gasteiger partial charge in [-0.2, -0.15) is 20.3 Å². The Balaban J connectivity index is -0.00000000626. The van der Waals surface area contributed by atoms with Crippen molar-refractivity contribution in [2.24, 2.45) is 5.92 Å². The van der Waals surface area contributed by atoms with Crippen LogP contribution >= 0.6 is 0 Å². The van der Waals surface area contributed by atoms with Gasteiger partial charge in [0.05, 0.1) is 0 Å². The normalized spacial score (nSPS) is 4.71. The Morgan fingerprint density at radius 2 is 0.929 bits per heavy atom. The molecule has 0 aliphatic rings. The van der Waals surface area contributed by atoms with Gasteiger partial charge in [0.25, 0.3) is 0 Å². The Labute approximate surface area is 243 Å². The van der Waals surface area contributed by atoms with E-state index in [-0.39, 0.29) is 196 Å². The second kappa shape index (κ2) is 50.4. The summed E-state index contributed by atoms with van der Waals surface area (Å²) in [6.07, 6.45) is 3.06. The summed E-state index contributed by atoms with van der Waals surface area (Å²) in [5.41, 5.74) is 0. The molecule has 0 spiro atoms. The summed E-state index contributed by atoms with van der Waals surface area (Å²) in [5.74, 6) is 0.773. The van der Waals surface area contributed by atoms with E-state index in [1.54, 1.807) is 0 Å². The standard InChI is InChI=1S/C5H11.C3H7.6Y/c1-4-5(2)3;1-3-2;;;;;;/h5H,1,4H2,2-3H3;3H,1-2H3;;;;;;/q2*-1;;;;;;. The van der Waals surface area contributed by atoms with Crippen LogP contribution in [0.5, 0.6) is 0 Å². The zero-order chi connectivity index (χ0) is 6.99. The van der Waals surface area contributed by atoms with E-state index in [9.17, 15) is 0 Å². The molecule has 14 heavy (non-hydrogen) atoms. The fourth-order valence-corrected chi connectivity index (χ4v) is 0. The first-order chi connectivity index (χ1) is 3.68. The summed E-state index contributed by atoms with van der Waals surface area (Å²) in [5, 5.41) is 0. The summed E-state index contributed by atoms with van der Waals surface area (Å²) in [6.45, 7) is 12.0. The molecule has 0 fully saturated rings. The van der Waals surface area contributed by atoms with E-state index >= 15 is 0 Å². The van der Waals surface area contributed by atoms with Crippen molar-refractivity contribution in [1.82, 2.24) is 0 Å².